The molecule has 0 saturated heterocycles. The summed E-state index contributed by atoms with van der Waals surface area (Å²) in [6.45, 7) is 2.00. The molecular formula is C20H18N4O2S. The van der Waals surface area contributed by atoms with Gasteiger partial charge in [0, 0.05) is 18.1 Å². The number of methoxy groups -OCH3 is 1. The monoisotopic (exact) mass is 378 g/mol. The lowest BCUT2D eigenvalue weighted by Crippen LogP contribution is -2.13. The second-order valence-electron chi connectivity index (χ2n) is 6.01. The lowest BCUT2D eigenvalue weighted by atomic mass is 10.2. The summed E-state index contributed by atoms with van der Waals surface area (Å²) in [5.41, 5.74) is 1.56. The van der Waals surface area contributed by atoms with Crippen molar-refractivity contribution in [2.45, 2.75) is 17.3 Å². The fraction of sp³-hybridized carbons (Fsp3) is 0.150. The molecule has 1 N–H and O–H groups in total. The van der Waals surface area contributed by atoms with Gasteiger partial charge in [-0.2, -0.15) is 0 Å². The van der Waals surface area contributed by atoms with Crippen LogP contribution in [0.2, 0.25) is 0 Å². The minimum atomic E-state index is -0.124. The summed E-state index contributed by atoms with van der Waals surface area (Å²) in [5, 5.41) is 1.35. The van der Waals surface area contributed by atoms with Gasteiger partial charge < -0.3 is 9.72 Å². The van der Waals surface area contributed by atoms with Gasteiger partial charge in [0.15, 0.2) is 5.16 Å². The first-order chi connectivity index (χ1) is 13.2. The van der Waals surface area contributed by atoms with Gasteiger partial charge in [-0.25, -0.2) is 9.97 Å². The number of nitrogens with zero attached hydrogens (tertiary/aromatic N) is 3. The minimum absolute atomic E-state index is 0.0679. The normalized spacial score (nSPS) is 12.2. The smallest absolute Gasteiger partial charge is 0.258 e. The highest BCUT2D eigenvalue weighted by molar-refractivity contribution is 7.99. The molecule has 4 aromatic rings. The Hall–Kier alpha value is -3.06. The van der Waals surface area contributed by atoms with E-state index in [0.717, 1.165) is 16.6 Å². The van der Waals surface area contributed by atoms with Crippen molar-refractivity contribution in [1.82, 2.24) is 19.5 Å². The average Bonchev–Trinajstić information content (AvgIpc) is 3.16. The summed E-state index contributed by atoms with van der Waals surface area (Å²) in [6, 6.07) is 15.1. The van der Waals surface area contributed by atoms with E-state index in [9.17, 15) is 4.79 Å². The molecule has 0 aliphatic carbocycles. The summed E-state index contributed by atoms with van der Waals surface area (Å²) in [6.07, 6.45) is 3.67. The number of benzene rings is 2. The summed E-state index contributed by atoms with van der Waals surface area (Å²) in [5.74, 6) is 1.44. The molecule has 0 saturated carbocycles. The van der Waals surface area contributed by atoms with E-state index in [4.69, 9.17) is 4.74 Å². The van der Waals surface area contributed by atoms with E-state index in [1.807, 2.05) is 60.2 Å². The first-order valence-electron chi connectivity index (χ1n) is 8.49. The highest BCUT2D eigenvalue weighted by atomic mass is 32.2. The third-order valence-corrected chi connectivity index (χ3v) is 5.35. The molecular weight excluding hydrogens is 360 g/mol. The van der Waals surface area contributed by atoms with Crippen LogP contribution >= 0.6 is 11.8 Å². The molecule has 7 heteroatoms. The van der Waals surface area contributed by atoms with E-state index in [-0.39, 0.29) is 10.8 Å². The molecule has 0 bridgehead atoms. The quantitative estimate of drug-likeness (QED) is 0.532. The van der Waals surface area contributed by atoms with Crippen LogP contribution in [0.5, 0.6) is 5.75 Å². The second-order valence-corrected chi connectivity index (χ2v) is 7.31. The van der Waals surface area contributed by atoms with Crippen LogP contribution in [-0.2, 0) is 0 Å². The van der Waals surface area contributed by atoms with Crippen LogP contribution in [0.25, 0.3) is 16.6 Å². The van der Waals surface area contributed by atoms with Crippen LogP contribution in [0.3, 0.4) is 0 Å². The van der Waals surface area contributed by atoms with Crippen molar-refractivity contribution >= 4 is 22.7 Å². The maximum Gasteiger partial charge on any atom is 0.258 e. The van der Waals surface area contributed by atoms with Crippen molar-refractivity contribution in [1.29, 1.82) is 0 Å². The maximum atomic E-state index is 12.3. The molecule has 0 fully saturated rings. The topological polar surface area (TPSA) is 72.8 Å². The van der Waals surface area contributed by atoms with Crippen molar-refractivity contribution in [2.24, 2.45) is 0 Å². The SMILES string of the molecule is COc1ccc(-n2ccnc2S[C@H](C)c2nc3ccccc3c(=O)[nH]2)cc1. The fourth-order valence-corrected chi connectivity index (χ4v) is 3.77. The predicted octanol–water partition coefficient (Wildman–Crippen LogP) is 3.97. The van der Waals surface area contributed by atoms with Gasteiger partial charge in [0.05, 0.1) is 23.3 Å². The Labute approximate surface area is 160 Å². The molecule has 1 atom stereocenters. The van der Waals surface area contributed by atoms with E-state index in [0.29, 0.717) is 16.7 Å². The number of H-pyrrole nitrogens is 1. The lowest BCUT2D eigenvalue weighted by molar-refractivity contribution is 0.414. The van der Waals surface area contributed by atoms with Gasteiger partial charge >= 0.3 is 0 Å². The van der Waals surface area contributed by atoms with Crippen LogP contribution in [0.15, 0.2) is 70.9 Å². The zero-order valence-electron chi connectivity index (χ0n) is 14.9. The molecule has 0 radical (unpaired) electrons. The van der Waals surface area contributed by atoms with Crippen molar-refractivity contribution < 1.29 is 4.74 Å². The van der Waals surface area contributed by atoms with Gasteiger partial charge in [0.2, 0.25) is 0 Å². The lowest BCUT2D eigenvalue weighted by Gasteiger charge is -2.13. The minimum Gasteiger partial charge on any atom is -0.497 e. The number of imidazole rings is 1. The Morgan fingerprint density at radius 3 is 2.70 bits per heavy atom. The van der Waals surface area contributed by atoms with Crippen LogP contribution in [0.1, 0.15) is 18.0 Å². The zero-order valence-corrected chi connectivity index (χ0v) is 15.7. The van der Waals surface area contributed by atoms with E-state index in [2.05, 4.69) is 15.0 Å². The van der Waals surface area contributed by atoms with Gasteiger partial charge in [-0.15, -0.1) is 0 Å². The number of nitrogens with one attached hydrogen (secondary N) is 1. The molecule has 0 aliphatic heterocycles. The van der Waals surface area contributed by atoms with Gasteiger partial charge in [-0.3, -0.25) is 9.36 Å². The molecule has 4 rings (SSSR count). The Morgan fingerprint density at radius 2 is 1.93 bits per heavy atom. The van der Waals surface area contributed by atoms with Gasteiger partial charge in [0.25, 0.3) is 5.56 Å². The zero-order chi connectivity index (χ0) is 18.8. The van der Waals surface area contributed by atoms with E-state index >= 15 is 0 Å². The van der Waals surface area contributed by atoms with Crippen LogP contribution in [-0.4, -0.2) is 26.6 Å². The number of hydrogen-bond acceptors (Lipinski definition) is 5. The number of fused-ring (bicyclic) bond motifs is 1. The fourth-order valence-electron chi connectivity index (χ4n) is 2.83. The third kappa shape index (κ3) is 3.46. The largest absolute Gasteiger partial charge is 0.497 e. The van der Waals surface area contributed by atoms with Gasteiger partial charge in [0.1, 0.15) is 11.6 Å². The van der Waals surface area contributed by atoms with Crippen LogP contribution < -0.4 is 10.3 Å². The van der Waals surface area contributed by atoms with E-state index in [1.165, 1.54) is 11.8 Å². The molecule has 2 heterocycles. The average molecular weight is 378 g/mol. The first-order valence-corrected chi connectivity index (χ1v) is 9.37. The summed E-state index contributed by atoms with van der Waals surface area (Å²) < 4.78 is 7.21. The highest BCUT2D eigenvalue weighted by Gasteiger charge is 2.16. The molecule has 2 aromatic heterocycles. The van der Waals surface area contributed by atoms with Crippen molar-refractivity contribution in [3.63, 3.8) is 0 Å². The summed E-state index contributed by atoms with van der Waals surface area (Å²) in [7, 11) is 1.65. The van der Waals surface area contributed by atoms with Crippen LogP contribution in [0, 0.1) is 0 Å². The van der Waals surface area contributed by atoms with Crippen molar-refractivity contribution in [3.8, 4) is 11.4 Å². The number of thioether (sulfide) groups is 1. The number of aromatic nitrogens is 4. The molecule has 0 spiro atoms. The maximum absolute atomic E-state index is 12.3. The second kappa shape index (κ2) is 7.28. The standard InChI is InChI=1S/C20H18N4O2S/c1-13(18-22-17-6-4-3-5-16(17)19(25)23-18)27-20-21-11-12-24(20)14-7-9-15(26-2)10-8-14/h3-13H,1-2H3,(H,22,23,25)/t13-/m1/s1. The predicted molar refractivity (Wildman–Crippen MR) is 107 cm³/mol. The summed E-state index contributed by atoms with van der Waals surface area (Å²) >= 11 is 1.54. The van der Waals surface area contributed by atoms with E-state index in [1.54, 1.807) is 19.4 Å². The number of rotatable bonds is 5. The molecule has 6 nitrogen and oxygen atoms in total. The Morgan fingerprint density at radius 1 is 1.15 bits per heavy atom. The number of aromatic amines is 1. The molecule has 136 valence electrons. The number of ether oxygens (including phenoxy) is 1. The van der Waals surface area contributed by atoms with Gasteiger partial charge in [-0.1, -0.05) is 23.9 Å². The van der Waals surface area contributed by atoms with Crippen molar-refractivity contribution in [2.75, 3.05) is 7.11 Å². The van der Waals surface area contributed by atoms with Crippen molar-refractivity contribution in [3.05, 3.63) is 77.1 Å². The number of hydrogen-bond donors (Lipinski definition) is 1. The van der Waals surface area contributed by atoms with Crippen LogP contribution in [0.4, 0.5) is 0 Å². The summed E-state index contributed by atoms with van der Waals surface area (Å²) in [4.78, 5) is 24.3. The molecule has 2 aromatic carbocycles. The highest BCUT2D eigenvalue weighted by Crippen LogP contribution is 2.33. The molecule has 0 amide bonds. The Balaban J connectivity index is 1.63. The Bertz CT molecular complexity index is 1130. The molecule has 27 heavy (non-hydrogen) atoms. The number of para-hydroxylation sites is 1. The van der Waals surface area contributed by atoms with Gasteiger partial charge in [-0.05, 0) is 43.3 Å². The van der Waals surface area contributed by atoms with E-state index < -0.39 is 0 Å². The third-order valence-electron chi connectivity index (χ3n) is 4.26. The first kappa shape index (κ1) is 17.4. The molecule has 0 aliphatic rings. The Kier molecular flexibility index (Phi) is 4.68. The molecule has 0 unspecified atom stereocenters.